The van der Waals surface area contributed by atoms with Gasteiger partial charge in [0, 0.05) is 25.7 Å². The Kier molecular flexibility index (Phi) is 1.70. The minimum absolute atomic E-state index is 0.260. The molecule has 0 N–H and O–H groups in total. The molecule has 0 aromatic rings. The number of hydrogen-bond acceptors (Lipinski definition) is 3. The zero-order valence-electron chi connectivity index (χ0n) is 7.88. The lowest BCUT2D eigenvalue weighted by Crippen LogP contribution is -2.34. The molecular formula is C10H16O3. The smallest absolute Gasteiger partial charge is 0.172 e. The molecule has 0 bridgehead atoms. The molecule has 0 aliphatic carbocycles. The fraction of sp³-hybridized carbons (Fsp3) is 1.00. The molecule has 74 valence electrons. The molecule has 0 amide bonds. The number of ether oxygens (including phenoxy) is 3. The van der Waals surface area contributed by atoms with Gasteiger partial charge in [-0.05, 0) is 12.8 Å². The maximum atomic E-state index is 6.01. The monoisotopic (exact) mass is 184 g/mol. The summed E-state index contributed by atoms with van der Waals surface area (Å²) < 4.78 is 17.4. The lowest BCUT2D eigenvalue weighted by Gasteiger charge is -2.28. The normalized spacial score (nSPS) is 49.8. The van der Waals surface area contributed by atoms with Gasteiger partial charge in [-0.3, -0.25) is 0 Å². The molecule has 3 heteroatoms. The molecule has 3 rings (SSSR count). The summed E-state index contributed by atoms with van der Waals surface area (Å²) in [6, 6.07) is 0. The molecular weight excluding hydrogens is 168 g/mol. The summed E-state index contributed by atoms with van der Waals surface area (Å²) in [5, 5.41) is 0. The summed E-state index contributed by atoms with van der Waals surface area (Å²) in [5.74, 6) is -0.519. The van der Waals surface area contributed by atoms with Crippen molar-refractivity contribution in [1.82, 2.24) is 0 Å². The first kappa shape index (κ1) is 8.21. The SMILES string of the molecule is C1CO[C@@]2(C1)CC[C@@]1(CCCO1)O2. The van der Waals surface area contributed by atoms with Crippen molar-refractivity contribution in [2.24, 2.45) is 0 Å². The van der Waals surface area contributed by atoms with Gasteiger partial charge in [0.25, 0.3) is 0 Å². The highest BCUT2D eigenvalue weighted by molar-refractivity contribution is 4.91. The molecule has 0 aromatic carbocycles. The minimum Gasteiger partial charge on any atom is -0.350 e. The summed E-state index contributed by atoms with van der Waals surface area (Å²) >= 11 is 0. The molecule has 0 unspecified atom stereocenters. The third-order valence-electron chi connectivity index (χ3n) is 3.39. The zero-order valence-corrected chi connectivity index (χ0v) is 7.88. The van der Waals surface area contributed by atoms with Gasteiger partial charge in [-0.25, -0.2) is 0 Å². The van der Waals surface area contributed by atoms with Crippen LogP contribution in [0.25, 0.3) is 0 Å². The van der Waals surface area contributed by atoms with Crippen LogP contribution in [-0.4, -0.2) is 24.8 Å². The Balaban J connectivity index is 1.76. The van der Waals surface area contributed by atoms with Gasteiger partial charge in [0.15, 0.2) is 11.6 Å². The van der Waals surface area contributed by atoms with Gasteiger partial charge >= 0.3 is 0 Å². The zero-order chi connectivity index (χ0) is 8.78. The Bertz CT molecular complexity index is 180. The fourth-order valence-electron chi connectivity index (χ4n) is 2.72. The van der Waals surface area contributed by atoms with Gasteiger partial charge in [0.05, 0.1) is 13.2 Å². The van der Waals surface area contributed by atoms with Crippen molar-refractivity contribution in [2.75, 3.05) is 13.2 Å². The second kappa shape index (κ2) is 2.69. The molecule has 3 saturated heterocycles. The molecule has 3 nitrogen and oxygen atoms in total. The first-order chi connectivity index (χ1) is 6.33. The van der Waals surface area contributed by atoms with Gasteiger partial charge in [-0.2, -0.15) is 0 Å². The van der Waals surface area contributed by atoms with Gasteiger partial charge < -0.3 is 14.2 Å². The van der Waals surface area contributed by atoms with Crippen molar-refractivity contribution >= 4 is 0 Å². The average molecular weight is 184 g/mol. The predicted molar refractivity (Wildman–Crippen MR) is 46.2 cm³/mol. The minimum atomic E-state index is -0.260. The summed E-state index contributed by atoms with van der Waals surface area (Å²) in [7, 11) is 0. The van der Waals surface area contributed by atoms with E-state index in [9.17, 15) is 0 Å². The molecule has 3 aliphatic rings. The summed E-state index contributed by atoms with van der Waals surface area (Å²) in [4.78, 5) is 0. The van der Waals surface area contributed by atoms with E-state index in [0.717, 1.165) is 51.7 Å². The Morgan fingerprint density at radius 1 is 0.692 bits per heavy atom. The van der Waals surface area contributed by atoms with E-state index in [-0.39, 0.29) is 11.6 Å². The van der Waals surface area contributed by atoms with Gasteiger partial charge in [0.1, 0.15) is 0 Å². The van der Waals surface area contributed by atoms with Crippen LogP contribution in [0.15, 0.2) is 0 Å². The molecule has 13 heavy (non-hydrogen) atoms. The van der Waals surface area contributed by atoms with E-state index in [1.807, 2.05) is 0 Å². The van der Waals surface area contributed by atoms with E-state index in [4.69, 9.17) is 14.2 Å². The van der Waals surface area contributed by atoms with Crippen molar-refractivity contribution in [3.63, 3.8) is 0 Å². The molecule has 3 aliphatic heterocycles. The molecule has 0 saturated carbocycles. The highest BCUT2D eigenvalue weighted by Gasteiger charge is 2.53. The average Bonchev–Trinajstić information content (AvgIpc) is 2.81. The van der Waals surface area contributed by atoms with Gasteiger partial charge in [0.2, 0.25) is 0 Å². The van der Waals surface area contributed by atoms with Crippen molar-refractivity contribution in [3.8, 4) is 0 Å². The van der Waals surface area contributed by atoms with Crippen LogP contribution >= 0.6 is 0 Å². The largest absolute Gasteiger partial charge is 0.350 e. The Hall–Kier alpha value is -0.120. The highest BCUT2D eigenvalue weighted by Crippen LogP contribution is 2.48. The van der Waals surface area contributed by atoms with E-state index >= 15 is 0 Å². The molecule has 3 heterocycles. The van der Waals surface area contributed by atoms with Gasteiger partial charge in [-0.1, -0.05) is 0 Å². The van der Waals surface area contributed by atoms with Crippen molar-refractivity contribution in [3.05, 3.63) is 0 Å². The van der Waals surface area contributed by atoms with Crippen molar-refractivity contribution < 1.29 is 14.2 Å². The summed E-state index contributed by atoms with van der Waals surface area (Å²) in [6.07, 6.45) is 6.42. The van der Waals surface area contributed by atoms with Crippen LogP contribution in [0.1, 0.15) is 38.5 Å². The molecule has 3 fully saturated rings. The standard InChI is InChI=1S/C10H16O3/c1-3-9(11-7-1)5-6-10(13-9)4-2-8-12-10/h1-8H2/t9-,10-/m1/s1. The van der Waals surface area contributed by atoms with E-state index in [1.54, 1.807) is 0 Å². The Morgan fingerprint density at radius 3 is 1.62 bits per heavy atom. The van der Waals surface area contributed by atoms with E-state index in [2.05, 4.69) is 0 Å². The summed E-state index contributed by atoms with van der Waals surface area (Å²) in [6.45, 7) is 1.71. The first-order valence-electron chi connectivity index (χ1n) is 5.31. The highest BCUT2D eigenvalue weighted by atomic mass is 16.8. The third-order valence-corrected chi connectivity index (χ3v) is 3.39. The molecule has 0 radical (unpaired) electrons. The van der Waals surface area contributed by atoms with Crippen LogP contribution in [0.3, 0.4) is 0 Å². The van der Waals surface area contributed by atoms with Gasteiger partial charge in [-0.15, -0.1) is 0 Å². The van der Waals surface area contributed by atoms with Crippen molar-refractivity contribution in [1.29, 1.82) is 0 Å². The van der Waals surface area contributed by atoms with E-state index in [1.165, 1.54) is 0 Å². The topological polar surface area (TPSA) is 27.7 Å². The molecule has 0 aromatic heterocycles. The Labute approximate surface area is 78.3 Å². The second-order valence-corrected chi connectivity index (χ2v) is 4.33. The van der Waals surface area contributed by atoms with Crippen LogP contribution in [-0.2, 0) is 14.2 Å². The van der Waals surface area contributed by atoms with Crippen LogP contribution in [0.5, 0.6) is 0 Å². The maximum absolute atomic E-state index is 6.01. The molecule has 2 spiro atoms. The lowest BCUT2D eigenvalue weighted by atomic mass is 10.1. The Morgan fingerprint density at radius 2 is 1.23 bits per heavy atom. The predicted octanol–water partition coefficient (Wildman–Crippen LogP) is 1.81. The van der Waals surface area contributed by atoms with Crippen LogP contribution in [0.2, 0.25) is 0 Å². The fourth-order valence-corrected chi connectivity index (χ4v) is 2.72. The van der Waals surface area contributed by atoms with E-state index < -0.39 is 0 Å². The third kappa shape index (κ3) is 1.22. The lowest BCUT2D eigenvalue weighted by molar-refractivity contribution is -0.292. The maximum Gasteiger partial charge on any atom is 0.172 e. The first-order valence-corrected chi connectivity index (χ1v) is 5.31. The molecule has 2 atom stereocenters. The van der Waals surface area contributed by atoms with Crippen LogP contribution < -0.4 is 0 Å². The quantitative estimate of drug-likeness (QED) is 0.574. The number of hydrogen-bond donors (Lipinski definition) is 0. The second-order valence-electron chi connectivity index (χ2n) is 4.33. The van der Waals surface area contributed by atoms with E-state index in [0.29, 0.717) is 0 Å². The van der Waals surface area contributed by atoms with Crippen LogP contribution in [0.4, 0.5) is 0 Å². The summed E-state index contributed by atoms with van der Waals surface area (Å²) in [5.41, 5.74) is 0. The van der Waals surface area contributed by atoms with Crippen LogP contribution in [0, 0.1) is 0 Å². The van der Waals surface area contributed by atoms with Crippen molar-refractivity contribution in [2.45, 2.75) is 50.1 Å². The number of rotatable bonds is 0.